The number of carbonyl (C=O) groups excluding carboxylic acids is 1. The Balaban J connectivity index is 1.71. The number of carbonyl (C=O) groups is 1. The van der Waals surface area contributed by atoms with Crippen LogP contribution in [0.1, 0.15) is 55.4 Å². The normalized spacial score (nSPS) is 19.7. The van der Waals surface area contributed by atoms with Gasteiger partial charge < -0.3 is 10.1 Å². The van der Waals surface area contributed by atoms with E-state index in [1.807, 2.05) is 44.9 Å². The lowest BCUT2D eigenvalue weighted by atomic mass is 9.78. The molecule has 3 aromatic rings. The molecule has 1 aliphatic rings. The Morgan fingerprint density at radius 2 is 2.06 bits per heavy atom. The van der Waals surface area contributed by atoms with Crippen molar-refractivity contribution in [2.45, 2.75) is 59.0 Å². The topological polar surface area (TPSA) is 61.1 Å². The SMILES string of the molecule is Cc1cc(C)c2c(ccn2C(=O)OC(C)(C)C)c1C[C@@H]1CCNC[C@H]1c1cnn(C)c1. The molecule has 0 spiro atoms. The second kappa shape index (κ2) is 8.15. The van der Waals surface area contributed by atoms with Crippen LogP contribution in [-0.4, -0.2) is 39.1 Å². The van der Waals surface area contributed by atoms with Crippen molar-refractivity contribution in [3.05, 3.63) is 53.0 Å². The summed E-state index contributed by atoms with van der Waals surface area (Å²) in [6, 6.07) is 4.29. The van der Waals surface area contributed by atoms with Crippen LogP contribution in [0.3, 0.4) is 0 Å². The number of hydrogen-bond donors (Lipinski definition) is 1. The smallest absolute Gasteiger partial charge is 0.418 e. The van der Waals surface area contributed by atoms with Crippen LogP contribution in [0.2, 0.25) is 0 Å². The lowest BCUT2D eigenvalue weighted by molar-refractivity contribution is 0.0544. The van der Waals surface area contributed by atoms with Crippen LogP contribution in [0.4, 0.5) is 4.79 Å². The van der Waals surface area contributed by atoms with E-state index in [0.717, 1.165) is 42.4 Å². The number of nitrogens with zero attached hydrogens (tertiary/aromatic N) is 3. The molecule has 1 saturated heterocycles. The molecule has 0 bridgehead atoms. The fraction of sp³-hybridized carbons (Fsp3) is 0.520. The average Bonchev–Trinajstić information content (AvgIpc) is 3.31. The number of benzene rings is 1. The van der Waals surface area contributed by atoms with Gasteiger partial charge in [-0.25, -0.2) is 4.79 Å². The molecule has 0 amide bonds. The Morgan fingerprint density at radius 3 is 2.74 bits per heavy atom. The molecular formula is C25H34N4O2. The quantitative estimate of drug-likeness (QED) is 0.664. The second-order valence-electron chi connectivity index (χ2n) is 9.93. The highest BCUT2D eigenvalue weighted by molar-refractivity contribution is 5.94. The predicted octanol–water partition coefficient (Wildman–Crippen LogP) is 4.71. The van der Waals surface area contributed by atoms with Crippen LogP contribution in [0.25, 0.3) is 10.9 Å². The first-order valence-electron chi connectivity index (χ1n) is 11.2. The molecule has 2 atom stereocenters. The fourth-order valence-electron chi connectivity index (χ4n) is 4.95. The van der Waals surface area contributed by atoms with E-state index in [2.05, 4.69) is 42.6 Å². The molecule has 0 saturated carbocycles. The monoisotopic (exact) mass is 422 g/mol. The zero-order chi connectivity index (χ0) is 22.3. The Morgan fingerprint density at radius 1 is 1.29 bits per heavy atom. The summed E-state index contributed by atoms with van der Waals surface area (Å²) < 4.78 is 9.20. The van der Waals surface area contributed by atoms with Crippen molar-refractivity contribution in [1.82, 2.24) is 19.7 Å². The molecule has 0 radical (unpaired) electrons. The Bertz CT molecular complexity index is 1100. The summed E-state index contributed by atoms with van der Waals surface area (Å²) in [5.74, 6) is 0.964. The minimum absolute atomic E-state index is 0.324. The number of piperidine rings is 1. The Hall–Kier alpha value is -2.60. The van der Waals surface area contributed by atoms with E-state index in [1.54, 1.807) is 4.57 Å². The van der Waals surface area contributed by atoms with E-state index >= 15 is 0 Å². The van der Waals surface area contributed by atoms with Crippen molar-refractivity contribution in [3.8, 4) is 0 Å². The van der Waals surface area contributed by atoms with Gasteiger partial charge in [-0.3, -0.25) is 9.25 Å². The molecule has 0 aliphatic carbocycles. The van der Waals surface area contributed by atoms with Crippen LogP contribution in [0.5, 0.6) is 0 Å². The third-order valence-corrected chi connectivity index (χ3v) is 6.33. The first kappa shape index (κ1) is 21.6. The third kappa shape index (κ3) is 4.40. The van der Waals surface area contributed by atoms with Gasteiger partial charge in [-0.15, -0.1) is 0 Å². The van der Waals surface area contributed by atoms with E-state index in [0.29, 0.717) is 11.8 Å². The lowest BCUT2D eigenvalue weighted by Crippen LogP contribution is -2.36. The minimum Gasteiger partial charge on any atom is -0.443 e. The molecule has 166 valence electrons. The maximum Gasteiger partial charge on any atom is 0.418 e. The number of fused-ring (bicyclic) bond motifs is 1. The number of nitrogens with one attached hydrogen (secondary N) is 1. The summed E-state index contributed by atoms with van der Waals surface area (Å²) in [4.78, 5) is 12.8. The van der Waals surface area contributed by atoms with Gasteiger partial charge in [0.25, 0.3) is 0 Å². The van der Waals surface area contributed by atoms with Gasteiger partial charge in [-0.1, -0.05) is 6.07 Å². The Kier molecular flexibility index (Phi) is 5.69. The number of hydrogen-bond acceptors (Lipinski definition) is 4. The highest BCUT2D eigenvalue weighted by Gasteiger charge is 2.29. The molecule has 3 heterocycles. The molecular weight excluding hydrogens is 388 g/mol. The standard InChI is InChI=1S/C25H34N4O2/c1-16-11-17(2)23-20(8-10-29(23)24(30)31-25(3,4)5)21(16)12-18-7-9-26-14-22(18)19-13-27-28(6)15-19/h8,10-11,13,15,18,22,26H,7,9,12,14H2,1-6H3/t18-,22+/m0/s1. The number of ether oxygens (including phenoxy) is 1. The summed E-state index contributed by atoms with van der Waals surface area (Å²) in [6.07, 6.45) is 7.79. The van der Waals surface area contributed by atoms with Gasteiger partial charge in [-0.05, 0) is 88.2 Å². The van der Waals surface area contributed by atoms with Crippen molar-refractivity contribution in [2.75, 3.05) is 13.1 Å². The summed E-state index contributed by atoms with van der Waals surface area (Å²) in [7, 11) is 1.97. The van der Waals surface area contributed by atoms with E-state index in [9.17, 15) is 4.79 Å². The largest absolute Gasteiger partial charge is 0.443 e. The van der Waals surface area contributed by atoms with Crippen molar-refractivity contribution >= 4 is 17.0 Å². The minimum atomic E-state index is -0.527. The van der Waals surface area contributed by atoms with Crippen molar-refractivity contribution in [3.63, 3.8) is 0 Å². The van der Waals surface area contributed by atoms with Crippen LogP contribution in [0, 0.1) is 19.8 Å². The van der Waals surface area contributed by atoms with Gasteiger partial charge >= 0.3 is 6.09 Å². The van der Waals surface area contributed by atoms with Crippen molar-refractivity contribution in [2.24, 2.45) is 13.0 Å². The van der Waals surface area contributed by atoms with Gasteiger partial charge in [-0.2, -0.15) is 5.10 Å². The van der Waals surface area contributed by atoms with Crippen LogP contribution >= 0.6 is 0 Å². The highest BCUT2D eigenvalue weighted by atomic mass is 16.6. The van der Waals surface area contributed by atoms with Crippen molar-refractivity contribution in [1.29, 1.82) is 0 Å². The number of aromatic nitrogens is 3. The third-order valence-electron chi connectivity index (χ3n) is 6.33. The lowest BCUT2D eigenvalue weighted by Gasteiger charge is -2.32. The average molecular weight is 423 g/mol. The van der Waals surface area contributed by atoms with Crippen LogP contribution in [-0.2, 0) is 18.2 Å². The molecule has 6 nitrogen and oxygen atoms in total. The van der Waals surface area contributed by atoms with E-state index in [4.69, 9.17) is 4.74 Å². The molecule has 1 aromatic carbocycles. The molecule has 31 heavy (non-hydrogen) atoms. The first-order chi connectivity index (χ1) is 14.6. The molecule has 4 rings (SSSR count). The van der Waals surface area contributed by atoms with E-state index in [-0.39, 0.29) is 6.09 Å². The van der Waals surface area contributed by atoms with Crippen molar-refractivity contribution < 1.29 is 9.53 Å². The molecule has 6 heteroatoms. The zero-order valence-corrected chi connectivity index (χ0v) is 19.5. The first-order valence-corrected chi connectivity index (χ1v) is 11.2. The van der Waals surface area contributed by atoms with Gasteiger partial charge in [0, 0.05) is 37.3 Å². The molecule has 1 fully saturated rings. The molecule has 1 aliphatic heterocycles. The Labute approximate surface area is 184 Å². The van der Waals surface area contributed by atoms with Crippen LogP contribution < -0.4 is 5.32 Å². The molecule has 2 aromatic heterocycles. The predicted molar refractivity (Wildman–Crippen MR) is 124 cm³/mol. The molecule has 0 unspecified atom stereocenters. The summed E-state index contributed by atoms with van der Waals surface area (Å²) in [5, 5.41) is 9.12. The summed E-state index contributed by atoms with van der Waals surface area (Å²) in [6.45, 7) is 12.0. The van der Waals surface area contributed by atoms with Gasteiger partial charge in [0.2, 0.25) is 0 Å². The second-order valence-corrected chi connectivity index (χ2v) is 9.93. The van der Waals surface area contributed by atoms with Gasteiger partial charge in [0.1, 0.15) is 5.60 Å². The molecule has 1 N–H and O–H groups in total. The summed E-state index contributed by atoms with van der Waals surface area (Å²) >= 11 is 0. The maximum absolute atomic E-state index is 12.8. The zero-order valence-electron chi connectivity index (χ0n) is 19.5. The summed E-state index contributed by atoms with van der Waals surface area (Å²) in [5.41, 5.74) is 5.45. The number of rotatable bonds is 3. The van der Waals surface area contributed by atoms with Gasteiger partial charge in [0.15, 0.2) is 0 Å². The van der Waals surface area contributed by atoms with E-state index < -0.39 is 5.60 Å². The fourth-order valence-corrected chi connectivity index (χ4v) is 4.95. The van der Waals surface area contributed by atoms with E-state index in [1.165, 1.54) is 16.7 Å². The highest BCUT2D eigenvalue weighted by Crippen LogP contribution is 2.36. The van der Waals surface area contributed by atoms with Gasteiger partial charge in [0.05, 0.1) is 11.7 Å². The maximum atomic E-state index is 12.8. The van der Waals surface area contributed by atoms with Crippen LogP contribution in [0.15, 0.2) is 30.7 Å². The number of aryl methyl sites for hydroxylation is 3.